The Balaban J connectivity index is 1.87. The summed E-state index contributed by atoms with van der Waals surface area (Å²) in [5.74, 6) is -1.09. The second kappa shape index (κ2) is 8.39. The van der Waals surface area contributed by atoms with Crippen LogP contribution in [0.3, 0.4) is 0 Å². The van der Waals surface area contributed by atoms with Crippen LogP contribution in [0, 0.1) is 5.41 Å². The van der Waals surface area contributed by atoms with E-state index in [0.717, 1.165) is 32.2 Å². The summed E-state index contributed by atoms with van der Waals surface area (Å²) >= 11 is 0. The van der Waals surface area contributed by atoms with Crippen molar-refractivity contribution in [1.29, 1.82) is 0 Å². The number of H-pyrrole nitrogens is 1. The minimum Gasteiger partial charge on any atom is -0.422 e. The monoisotopic (exact) mass is 411 g/mol. The maximum absolute atomic E-state index is 13.8. The highest BCUT2D eigenvalue weighted by Crippen LogP contribution is 2.45. The number of carbonyl (C=O) groups is 3. The number of nitrogens with zero attached hydrogens (tertiary/aromatic N) is 1. The zero-order valence-corrected chi connectivity index (χ0v) is 17.0. The molecule has 0 saturated carbocycles. The number of carbonyl (C=O) groups excluding carboxylic acids is 3. The smallest absolute Gasteiger partial charge is 0.311 e. The zero-order valence-electron chi connectivity index (χ0n) is 17.0. The number of hydrogen-bond donors (Lipinski definition) is 2. The summed E-state index contributed by atoms with van der Waals surface area (Å²) in [4.78, 5) is 38.4. The summed E-state index contributed by atoms with van der Waals surface area (Å²) in [6.45, 7) is 3.50. The standard InChI is InChI=1S/C22H25N3O5/c1-2-9-22(10-3-11-23-13-22)21(28)15-5-4-14(16-8-12-24-25-16)19-20(15)30-18(27)7-6-17(26)29-19/h4-5,8,12,23H,2-3,6-7,9-11,13H2,1H3,(H,24,25). The first-order chi connectivity index (χ1) is 14.5. The fourth-order valence-corrected chi connectivity index (χ4v) is 4.35. The van der Waals surface area contributed by atoms with Crippen LogP contribution in [0.25, 0.3) is 11.3 Å². The normalized spacial score (nSPS) is 21.8. The number of ether oxygens (including phenoxy) is 2. The maximum Gasteiger partial charge on any atom is 0.311 e. The summed E-state index contributed by atoms with van der Waals surface area (Å²) in [5, 5.41) is 10.1. The number of piperidine rings is 1. The topological polar surface area (TPSA) is 110 Å². The van der Waals surface area contributed by atoms with E-state index < -0.39 is 17.4 Å². The fourth-order valence-electron chi connectivity index (χ4n) is 4.35. The minimum atomic E-state index is -0.574. The SMILES string of the molecule is CCCC1(C(=O)c2ccc(-c3ccn[nH]3)c3c2OC(=O)CCC(=O)O3)CCCNC1. The van der Waals surface area contributed by atoms with Crippen molar-refractivity contribution in [3.63, 3.8) is 0 Å². The van der Waals surface area contributed by atoms with Crippen molar-refractivity contribution in [2.45, 2.75) is 45.4 Å². The van der Waals surface area contributed by atoms with E-state index in [1.54, 1.807) is 24.4 Å². The maximum atomic E-state index is 13.8. The van der Waals surface area contributed by atoms with Gasteiger partial charge in [0.2, 0.25) is 0 Å². The molecule has 4 rings (SSSR count). The van der Waals surface area contributed by atoms with E-state index in [9.17, 15) is 14.4 Å². The molecule has 158 valence electrons. The molecule has 1 aromatic carbocycles. The second-order valence-electron chi connectivity index (χ2n) is 7.88. The summed E-state index contributed by atoms with van der Waals surface area (Å²) in [6, 6.07) is 5.08. The van der Waals surface area contributed by atoms with Crippen molar-refractivity contribution < 1.29 is 23.9 Å². The Hall–Kier alpha value is -3.00. The Labute approximate surface area is 174 Å². The summed E-state index contributed by atoms with van der Waals surface area (Å²) in [5.41, 5.74) is 0.800. The molecule has 1 aromatic heterocycles. The van der Waals surface area contributed by atoms with Crippen LogP contribution in [0.1, 0.15) is 55.8 Å². The van der Waals surface area contributed by atoms with Gasteiger partial charge in [0.1, 0.15) is 0 Å². The van der Waals surface area contributed by atoms with Crippen molar-refractivity contribution in [1.82, 2.24) is 15.5 Å². The number of Topliss-reactive ketones (excluding diaryl/α,β-unsaturated/α-hetero) is 1. The number of aromatic nitrogens is 2. The predicted octanol–water partition coefficient (Wildman–Crippen LogP) is 3.03. The molecule has 2 aromatic rings. The number of aromatic amines is 1. The lowest BCUT2D eigenvalue weighted by molar-refractivity contribution is -0.142. The van der Waals surface area contributed by atoms with Gasteiger partial charge in [-0.2, -0.15) is 5.10 Å². The van der Waals surface area contributed by atoms with E-state index in [2.05, 4.69) is 22.4 Å². The molecule has 1 saturated heterocycles. The molecule has 0 amide bonds. The Bertz CT molecular complexity index is 956. The molecule has 8 heteroatoms. The third-order valence-corrected chi connectivity index (χ3v) is 5.80. The molecule has 3 heterocycles. The van der Waals surface area contributed by atoms with E-state index in [-0.39, 0.29) is 35.7 Å². The molecule has 1 unspecified atom stereocenters. The van der Waals surface area contributed by atoms with Crippen molar-refractivity contribution >= 4 is 17.7 Å². The van der Waals surface area contributed by atoms with Crippen LogP contribution < -0.4 is 14.8 Å². The molecular formula is C22H25N3O5. The quantitative estimate of drug-likeness (QED) is 0.442. The zero-order chi connectivity index (χ0) is 21.1. The Kier molecular flexibility index (Phi) is 5.67. The molecule has 2 aliphatic rings. The number of esters is 2. The third-order valence-electron chi connectivity index (χ3n) is 5.80. The average molecular weight is 411 g/mol. The largest absolute Gasteiger partial charge is 0.422 e. The average Bonchev–Trinajstić information content (AvgIpc) is 3.27. The molecule has 0 aliphatic carbocycles. The van der Waals surface area contributed by atoms with Crippen molar-refractivity contribution in [3.8, 4) is 22.8 Å². The predicted molar refractivity (Wildman–Crippen MR) is 108 cm³/mol. The molecule has 0 spiro atoms. The fraction of sp³-hybridized carbons (Fsp3) is 0.455. The van der Waals surface area contributed by atoms with Gasteiger partial charge in [-0.1, -0.05) is 13.3 Å². The van der Waals surface area contributed by atoms with Crippen molar-refractivity contribution in [3.05, 3.63) is 30.0 Å². The number of benzene rings is 1. The van der Waals surface area contributed by atoms with E-state index in [1.165, 1.54) is 0 Å². The highest BCUT2D eigenvalue weighted by molar-refractivity contribution is 6.05. The molecule has 0 radical (unpaired) electrons. The van der Waals surface area contributed by atoms with Crippen LogP contribution in [0.15, 0.2) is 24.4 Å². The number of rotatable bonds is 5. The van der Waals surface area contributed by atoms with Crippen LogP contribution in [0.4, 0.5) is 0 Å². The van der Waals surface area contributed by atoms with Gasteiger partial charge in [-0.05, 0) is 44.0 Å². The van der Waals surface area contributed by atoms with Gasteiger partial charge in [0.05, 0.1) is 24.1 Å². The number of hydrogen-bond acceptors (Lipinski definition) is 7. The minimum absolute atomic E-state index is 0.0196. The van der Waals surface area contributed by atoms with Gasteiger partial charge in [-0.3, -0.25) is 19.5 Å². The summed E-state index contributed by atoms with van der Waals surface area (Å²) in [6.07, 6.45) is 4.64. The summed E-state index contributed by atoms with van der Waals surface area (Å²) < 4.78 is 11.2. The molecule has 30 heavy (non-hydrogen) atoms. The highest BCUT2D eigenvalue weighted by Gasteiger charge is 2.41. The molecule has 0 bridgehead atoms. The first-order valence-corrected chi connectivity index (χ1v) is 10.4. The third kappa shape index (κ3) is 3.75. The lowest BCUT2D eigenvalue weighted by Crippen LogP contribution is -2.45. The Morgan fingerprint density at radius 1 is 1.13 bits per heavy atom. The molecule has 1 fully saturated rings. The first-order valence-electron chi connectivity index (χ1n) is 10.4. The van der Waals surface area contributed by atoms with Gasteiger partial charge >= 0.3 is 11.9 Å². The Morgan fingerprint density at radius 3 is 2.53 bits per heavy atom. The highest BCUT2D eigenvalue weighted by atomic mass is 16.6. The number of fused-ring (bicyclic) bond motifs is 1. The van der Waals surface area contributed by atoms with Crippen LogP contribution in [0.2, 0.25) is 0 Å². The van der Waals surface area contributed by atoms with Gasteiger partial charge in [0, 0.05) is 23.7 Å². The molecule has 1 atom stereocenters. The van der Waals surface area contributed by atoms with Crippen molar-refractivity contribution in [2.75, 3.05) is 13.1 Å². The van der Waals surface area contributed by atoms with E-state index in [4.69, 9.17) is 9.47 Å². The Morgan fingerprint density at radius 2 is 1.90 bits per heavy atom. The lowest BCUT2D eigenvalue weighted by atomic mass is 9.71. The number of nitrogens with one attached hydrogen (secondary N) is 2. The lowest BCUT2D eigenvalue weighted by Gasteiger charge is -2.36. The van der Waals surface area contributed by atoms with E-state index in [1.807, 2.05) is 0 Å². The van der Waals surface area contributed by atoms with Gasteiger partial charge < -0.3 is 14.8 Å². The van der Waals surface area contributed by atoms with Gasteiger partial charge in [0.15, 0.2) is 17.3 Å². The molecule has 8 nitrogen and oxygen atoms in total. The van der Waals surface area contributed by atoms with Crippen LogP contribution >= 0.6 is 0 Å². The van der Waals surface area contributed by atoms with E-state index >= 15 is 0 Å². The van der Waals surface area contributed by atoms with Crippen LogP contribution in [-0.2, 0) is 9.59 Å². The van der Waals surface area contributed by atoms with Gasteiger partial charge in [-0.15, -0.1) is 0 Å². The first kappa shape index (κ1) is 20.3. The van der Waals surface area contributed by atoms with Crippen LogP contribution in [-0.4, -0.2) is 41.0 Å². The number of ketones is 1. The van der Waals surface area contributed by atoms with Crippen LogP contribution in [0.5, 0.6) is 11.5 Å². The van der Waals surface area contributed by atoms with Gasteiger partial charge in [0.25, 0.3) is 0 Å². The summed E-state index contributed by atoms with van der Waals surface area (Å²) in [7, 11) is 0. The molecule has 2 N–H and O–H groups in total. The van der Waals surface area contributed by atoms with Gasteiger partial charge in [-0.25, -0.2) is 0 Å². The molecular weight excluding hydrogens is 386 g/mol. The van der Waals surface area contributed by atoms with E-state index in [0.29, 0.717) is 17.8 Å². The molecule has 2 aliphatic heterocycles. The second-order valence-corrected chi connectivity index (χ2v) is 7.88. The van der Waals surface area contributed by atoms with Crippen molar-refractivity contribution in [2.24, 2.45) is 5.41 Å².